The summed E-state index contributed by atoms with van der Waals surface area (Å²) < 4.78 is 0. The first-order valence-electron chi connectivity index (χ1n) is 7.24. The van der Waals surface area contributed by atoms with Crippen molar-refractivity contribution in [1.82, 2.24) is 10.2 Å². The molecule has 0 aromatic heterocycles. The van der Waals surface area contributed by atoms with E-state index in [1.807, 2.05) is 17.9 Å². The average Bonchev–Trinajstić information content (AvgIpc) is 2.87. The van der Waals surface area contributed by atoms with E-state index < -0.39 is 4.92 Å². The van der Waals surface area contributed by atoms with Gasteiger partial charge in [-0.2, -0.15) is 0 Å². The van der Waals surface area contributed by atoms with Crippen LogP contribution in [-0.4, -0.2) is 28.3 Å². The zero-order valence-corrected chi connectivity index (χ0v) is 12.6. The Morgan fingerprint density at radius 3 is 2.81 bits per heavy atom. The number of nitrogens with zero attached hydrogens (tertiary/aromatic N) is 2. The van der Waals surface area contributed by atoms with E-state index in [2.05, 4.69) is 19.2 Å². The summed E-state index contributed by atoms with van der Waals surface area (Å²) in [6.45, 7) is 6.51. The van der Waals surface area contributed by atoms with Gasteiger partial charge >= 0.3 is 0 Å². The van der Waals surface area contributed by atoms with Crippen molar-refractivity contribution in [3.8, 4) is 0 Å². The topological polar surface area (TPSA) is 75.5 Å². The van der Waals surface area contributed by atoms with Crippen molar-refractivity contribution in [2.75, 3.05) is 6.54 Å². The third-order valence-electron chi connectivity index (χ3n) is 4.32. The van der Waals surface area contributed by atoms with Crippen LogP contribution in [0.25, 0.3) is 0 Å². The van der Waals surface area contributed by atoms with Crippen molar-refractivity contribution in [3.63, 3.8) is 0 Å². The second-order valence-electron chi connectivity index (χ2n) is 5.56. The fourth-order valence-electron chi connectivity index (χ4n) is 2.68. The molecule has 1 aromatic rings. The fraction of sp³-hybridized carbons (Fsp3) is 0.533. The second-order valence-corrected chi connectivity index (χ2v) is 5.56. The van der Waals surface area contributed by atoms with Crippen molar-refractivity contribution >= 4 is 11.6 Å². The lowest BCUT2D eigenvalue weighted by molar-refractivity contribution is -0.385. The van der Waals surface area contributed by atoms with Gasteiger partial charge in [0.15, 0.2) is 0 Å². The van der Waals surface area contributed by atoms with Crippen LogP contribution in [0.3, 0.4) is 0 Å². The summed E-state index contributed by atoms with van der Waals surface area (Å²) >= 11 is 0. The molecule has 3 atom stereocenters. The molecule has 0 spiro atoms. The standard InChI is InChI=1S/C15H21N3O3/c1-4-10(2)11(3)17-14(19)9-16-15(17)12-6-5-7-13(8-12)18(20)21/h5-8,10-11,15-16H,4,9H2,1-3H3. The van der Waals surface area contributed by atoms with Gasteiger partial charge in [0, 0.05) is 18.2 Å². The van der Waals surface area contributed by atoms with Crippen LogP contribution in [0.2, 0.25) is 0 Å². The monoisotopic (exact) mass is 291 g/mol. The van der Waals surface area contributed by atoms with Gasteiger partial charge in [-0.3, -0.25) is 20.2 Å². The first-order chi connectivity index (χ1) is 9.95. The van der Waals surface area contributed by atoms with Crippen LogP contribution in [-0.2, 0) is 4.79 Å². The highest BCUT2D eigenvalue weighted by atomic mass is 16.6. The van der Waals surface area contributed by atoms with Crippen LogP contribution in [0.15, 0.2) is 24.3 Å². The largest absolute Gasteiger partial charge is 0.319 e. The number of hydrogen-bond acceptors (Lipinski definition) is 4. The predicted molar refractivity (Wildman–Crippen MR) is 79.6 cm³/mol. The Hall–Kier alpha value is -1.95. The van der Waals surface area contributed by atoms with E-state index in [0.717, 1.165) is 12.0 Å². The van der Waals surface area contributed by atoms with Crippen LogP contribution < -0.4 is 5.32 Å². The van der Waals surface area contributed by atoms with Gasteiger partial charge in [-0.1, -0.05) is 32.4 Å². The zero-order valence-electron chi connectivity index (χ0n) is 12.6. The SMILES string of the molecule is CCC(C)C(C)N1C(=O)CNC1c1cccc([N+](=O)[O-])c1. The van der Waals surface area contributed by atoms with Crippen LogP contribution in [0.4, 0.5) is 5.69 Å². The molecule has 1 N–H and O–H groups in total. The van der Waals surface area contributed by atoms with Crippen LogP contribution in [0.5, 0.6) is 0 Å². The van der Waals surface area contributed by atoms with Gasteiger partial charge in [-0.25, -0.2) is 0 Å². The van der Waals surface area contributed by atoms with E-state index in [0.29, 0.717) is 5.92 Å². The van der Waals surface area contributed by atoms with E-state index in [-0.39, 0.29) is 30.3 Å². The first-order valence-corrected chi connectivity index (χ1v) is 7.24. The quantitative estimate of drug-likeness (QED) is 0.668. The number of nitrogens with one attached hydrogen (secondary N) is 1. The summed E-state index contributed by atoms with van der Waals surface area (Å²) in [5, 5.41) is 14.1. The lowest BCUT2D eigenvalue weighted by Gasteiger charge is -2.34. The summed E-state index contributed by atoms with van der Waals surface area (Å²) in [5.41, 5.74) is 0.801. The maximum Gasteiger partial charge on any atom is 0.269 e. The Balaban J connectivity index is 2.31. The molecule has 0 radical (unpaired) electrons. The Morgan fingerprint density at radius 2 is 2.19 bits per heavy atom. The maximum absolute atomic E-state index is 12.2. The van der Waals surface area contributed by atoms with Gasteiger partial charge < -0.3 is 4.90 Å². The molecule has 114 valence electrons. The van der Waals surface area contributed by atoms with E-state index in [1.165, 1.54) is 12.1 Å². The lowest BCUT2D eigenvalue weighted by atomic mass is 9.98. The molecule has 6 heteroatoms. The molecule has 0 bridgehead atoms. The minimum absolute atomic E-state index is 0.0410. The molecule has 6 nitrogen and oxygen atoms in total. The first kappa shape index (κ1) is 15.4. The van der Waals surface area contributed by atoms with E-state index in [9.17, 15) is 14.9 Å². The smallest absolute Gasteiger partial charge is 0.269 e. The molecule has 1 fully saturated rings. The van der Waals surface area contributed by atoms with Crippen LogP contribution in [0, 0.1) is 16.0 Å². The summed E-state index contributed by atoms with van der Waals surface area (Å²) in [5.74, 6) is 0.411. The highest BCUT2D eigenvalue weighted by Gasteiger charge is 2.36. The highest BCUT2D eigenvalue weighted by molar-refractivity contribution is 5.81. The van der Waals surface area contributed by atoms with Gasteiger partial charge in [0.2, 0.25) is 5.91 Å². The van der Waals surface area contributed by atoms with Crippen molar-refractivity contribution in [2.45, 2.75) is 39.4 Å². The van der Waals surface area contributed by atoms with Crippen LogP contribution in [0.1, 0.15) is 38.9 Å². The number of benzene rings is 1. The maximum atomic E-state index is 12.2. The lowest BCUT2D eigenvalue weighted by Crippen LogP contribution is -2.41. The minimum atomic E-state index is -0.414. The highest BCUT2D eigenvalue weighted by Crippen LogP contribution is 2.30. The molecule has 21 heavy (non-hydrogen) atoms. The van der Waals surface area contributed by atoms with E-state index in [4.69, 9.17) is 0 Å². The molecule has 0 saturated carbocycles. The van der Waals surface area contributed by atoms with Gasteiger partial charge in [0.05, 0.1) is 11.5 Å². The molecule has 1 amide bonds. The number of non-ortho nitro benzene ring substituents is 1. The third-order valence-corrected chi connectivity index (χ3v) is 4.32. The number of carbonyl (C=O) groups is 1. The molecule has 2 rings (SSSR count). The van der Waals surface area contributed by atoms with E-state index >= 15 is 0 Å². The third kappa shape index (κ3) is 3.05. The molecule has 1 aromatic carbocycles. The number of rotatable bonds is 5. The van der Waals surface area contributed by atoms with Crippen molar-refractivity contribution in [1.29, 1.82) is 0 Å². The zero-order chi connectivity index (χ0) is 15.6. The van der Waals surface area contributed by atoms with Crippen LogP contribution >= 0.6 is 0 Å². The van der Waals surface area contributed by atoms with Gasteiger partial charge in [0.25, 0.3) is 5.69 Å². The molecule has 1 heterocycles. The van der Waals surface area contributed by atoms with Crippen molar-refractivity contribution in [3.05, 3.63) is 39.9 Å². The molecule has 1 saturated heterocycles. The van der Waals surface area contributed by atoms with Gasteiger partial charge in [-0.15, -0.1) is 0 Å². The van der Waals surface area contributed by atoms with Crippen molar-refractivity contribution in [2.24, 2.45) is 5.92 Å². The van der Waals surface area contributed by atoms with Crippen molar-refractivity contribution < 1.29 is 9.72 Å². The Kier molecular flexibility index (Phi) is 4.57. The molecule has 3 unspecified atom stereocenters. The van der Waals surface area contributed by atoms with E-state index in [1.54, 1.807) is 6.07 Å². The fourth-order valence-corrected chi connectivity index (χ4v) is 2.68. The molecule has 0 aliphatic carbocycles. The molecule has 1 aliphatic rings. The predicted octanol–water partition coefficient (Wildman–Crippen LogP) is 2.46. The van der Waals surface area contributed by atoms with Gasteiger partial charge in [0.1, 0.15) is 6.17 Å². The number of hydrogen-bond donors (Lipinski definition) is 1. The minimum Gasteiger partial charge on any atom is -0.319 e. The average molecular weight is 291 g/mol. The number of nitro benzene ring substituents is 1. The summed E-state index contributed by atoms with van der Waals surface area (Å²) in [6, 6.07) is 6.56. The summed E-state index contributed by atoms with van der Waals surface area (Å²) in [7, 11) is 0. The molecule has 1 aliphatic heterocycles. The molecular weight excluding hydrogens is 270 g/mol. The normalized spacial score (nSPS) is 21.4. The number of amides is 1. The Labute approximate surface area is 124 Å². The van der Waals surface area contributed by atoms with Gasteiger partial charge in [-0.05, 0) is 18.4 Å². The Morgan fingerprint density at radius 1 is 1.48 bits per heavy atom. The summed E-state index contributed by atoms with van der Waals surface area (Å²) in [6.07, 6.45) is 0.688. The summed E-state index contributed by atoms with van der Waals surface area (Å²) in [4.78, 5) is 24.5. The Bertz CT molecular complexity index is 547. The number of carbonyl (C=O) groups excluding carboxylic acids is 1. The second kappa shape index (κ2) is 6.22. The number of nitro groups is 1. The molecular formula is C15H21N3O3.